The third-order valence-corrected chi connectivity index (χ3v) is 4.57. The maximum Gasteiger partial charge on any atom is 0.0982 e. The highest BCUT2D eigenvalue weighted by Gasteiger charge is 2.17. The summed E-state index contributed by atoms with van der Waals surface area (Å²) >= 11 is 1.75. The van der Waals surface area contributed by atoms with Crippen LogP contribution in [0.5, 0.6) is 0 Å². The van der Waals surface area contributed by atoms with Gasteiger partial charge in [-0.25, -0.2) is 4.98 Å². The molecule has 0 amide bonds. The molecule has 0 saturated heterocycles. The van der Waals surface area contributed by atoms with Gasteiger partial charge in [0.2, 0.25) is 0 Å². The molecule has 0 aliphatic rings. The van der Waals surface area contributed by atoms with Crippen molar-refractivity contribution < 1.29 is 0 Å². The normalized spacial score (nSPS) is 11.6. The van der Waals surface area contributed by atoms with Gasteiger partial charge < -0.3 is 5.32 Å². The number of nitrogens with one attached hydrogen (secondary N) is 1. The van der Waals surface area contributed by atoms with Crippen LogP contribution < -0.4 is 5.32 Å². The van der Waals surface area contributed by atoms with Gasteiger partial charge in [-0.1, -0.05) is 32.9 Å². The summed E-state index contributed by atoms with van der Waals surface area (Å²) in [6.45, 7) is 11.7. The summed E-state index contributed by atoms with van der Waals surface area (Å²) in [6.07, 6.45) is 0. The molecule has 0 bridgehead atoms. The molecule has 0 fully saturated rings. The van der Waals surface area contributed by atoms with Gasteiger partial charge in [-0.3, -0.25) is 0 Å². The van der Waals surface area contributed by atoms with Gasteiger partial charge in [0, 0.05) is 16.5 Å². The molecule has 19 heavy (non-hydrogen) atoms. The summed E-state index contributed by atoms with van der Waals surface area (Å²) in [5, 5.41) is 6.83. The van der Waals surface area contributed by atoms with E-state index >= 15 is 0 Å². The van der Waals surface area contributed by atoms with E-state index in [1.807, 2.05) is 0 Å². The van der Waals surface area contributed by atoms with E-state index in [0.717, 1.165) is 12.2 Å². The Kier molecular flexibility index (Phi) is 3.95. The molecule has 2 aromatic rings. The number of benzene rings is 1. The summed E-state index contributed by atoms with van der Waals surface area (Å²) in [5.41, 5.74) is 5.09. The van der Waals surface area contributed by atoms with Crippen molar-refractivity contribution in [1.82, 2.24) is 4.98 Å². The zero-order valence-corrected chi connectivity index (χ0v) is 13.2. The zero-order chi connectivity index (χ0) is 14.0. The fourth-order valence-corrected chi connectivity index (χ4v) is 2.77. The van der Waals surface area contributed by atoms with Crippen LogP contribution in [-0.2, 0) is 12.0 Å². The number of anilines is 1. The lowest BCUT2D eigenvalue weighted by Gasteiger charge is -2.14. The summed E-state index contributed by atoms with van der Waals surface area (Å²) in [6, 6.07) is 6.35. The second kappa shape index (κ2) is 5.33. The average Bonchev–Trinajstić information content (AvgIpc) is 2.79. The number of hydrogen-bond donors (Lipinski definition) is 1. The molecule has 0 aliphatic heterocycles. The van der Waals surface area contributed by atoms with Crippen LogP contribution in [0, 0.1) is 13.8 Å². The number of thiazole rings is 1. The van der Waals surface area contributed by atoms with Crippen LogP contribution in [0.15, 0.2) is 23.6 Å². The fourth-order valence-electron chi connectivity index (χ4n) is 1.86. The van der Waals surface area contributed by atoms with Crippen molar-refractivity contribution in [2.24, 2.45) is 0 Å². The summed E-state index contributed by atoms with van der Waals surface area (Å²) in [7, 11) is 0. The summed E-state index contributed by atoms with van der Waals surface area (Å²) in [5.74, 6) is 0. The lowest BCUT2D eigenvalue weighted by Crippen LogP contribution is -2.11. The van der Waals surface area contributed by atoms with E-state index in [1.54, 1.807) is 11.3 Å². The van der Waals surface area contributed by atoms with E-state index in [2.05, 4.69) is 63.5 Å². The fraction of sp³-hybridized carbons (Fsp3) is 0.438. The van der Waals surface area contributed by atoms with Crippen LogP contribution >= 0.6 is 11.3 Å². The second-order valence-electron chi connectivity index (χ2n) is 6.00. The van der Waals surface area contributed by atoms with Crippen molar-refractivity contribution in [3.8, 4) is 0 Å². The van der Waals surface area contributed by atoms with E-state index in [4.69, 9.17) is 4.98 Å². The van der Waals surface area contributed by atoms with Crippen LogP contribution in [0.2, 0.25) is 0 Å². The highest BCUT2D eigenvalue weighted by atomic mass is 32.1. The summed E-state index contributed by atoms with van der Waals surface area (Å²) in [4.78, 5) is 4.70. The maximum atomic E-state index is 4.70. The van der Waals surface area contributed by atoms with Crippen molar-refractivity contribution >= 4 is 17.0 Å². The summed E-state index contributed by atoms with van der Waals surface area (Å²) < 4.78 is 0. The first-order valence-corrected chi connectivity index (χ1v) is 7.51. The molecular formula is C16H22N2S. The highest BCUT2D eigenvalue weighted by Crippen LogP contribution is 2.26. The highest BCUT2D eigenvalue weighted by molar-refractivity contribution is 7.09. The number of aromatic nitrogens is 1. The van der Waals surface area contributed by atoms with Gasteiger partial charge in [-0.05, 0) is 31.0 Å². The molecule has 1 N–H and O–H groups in total. The maximum absolute atomic E-state index is 4.70. The van der Waals surface area contributed by atoms with E-state index in [0.29, 0.717) is 0 Å². The van der Waals surface area contributed by atoms with E-state index in [-0.39, 0.29) is 5.41 Å². The van der Waals surface area contributed by atoms with Gasteiger partial charge in [0.1, 0.15) is 0 Å². The topological polar surface area (TPSA) is 24.9 Å². The molecule has 1 aromatic carbocycles. The molecule has 1 heterocycles. The third kappa shape index (κ3) is 3.35. The van der Waals surface area contributed by atoms with Gasteiger partial charge in [-0.2, -0.15) is 0 Å². The van der Waals surface area contributed by atoms with Gasteiger partial charge >= 0.3 is 0 Å². The lowest BCUT2D eigenvalue weighted by atomic mass is 9.98. The van der Waals surface area contributed by atoms with Crippen LogP contribution in [0.1, 0.15) is 42.6 Å². The predicted octanol–water partition coefficient (Wildman–Crippen LogP) is 4.67. The largest absolute Gasteiger partial charge is 0.379 e. The van der Waals surface area contributed by atoms with Crippen molar-refractivity contribution in [3.63, 3.8) is 0 Å². The van der Waals surface area contributed by atoms with Gasteiger partial charge in [0.15, 0.2) is 0 Å². The Labute approximate surface area is 119 Å². The van der Waals surface area contributed by atoms with E-state index < -0.39 is 0 Å². The first-order valence-electron chi connectivity index (χ1n) is 6.63. The smallest absolute Gasteiger partial charge is 0.0982 e. The third-order valence-electron chi connectivity index (χ3n) is 3.26. The first-order chi connectivity index (χ1) is 8.88. The zero-order valence-electron chi connectivity index (χ0n) is 12.4. The molecule has 1 aromatic heterocycles. The van der Waals surface area contributed by atoms with Gasteiger partial charge in [-0.15, -0.1) is 11.3 Å². The molecule has 2 rings (SSSR count). The van der Waals surface area contributed by atoms with Crippen LogP contribution in [0.3, 0.4) is 0 Å². The van der Waals surface area contributed by atoms with Crippen LogP contribution in [-0.4, -0.2) is 4.98 Å². The molecule has 3 heteroatoms. The lowest BCUT2D eigenvalue weighted by molar-refractivity contribution is 0.583. The van der Waals surface area contributed by atoms with Crippen molar-refractivity contribution in [1.29, 1.82) is 0 Å². The van der Waals surface area contributed by atoms with Crippen molar-refractivity contribution in [3.05, 3.63) is 45.4 Å². The Morgan fingerprint density at radius 3 is 2.58 bits per heavy atom. The molecule has 0 atom stereocenters. The van der Waals surface area contributed by atoms with E-state index in [9.17, 15) is 0 Å². The minimum absolute atomic E-state index is 0.141. The molecule has 102 valence electrons. The Morgan fingerprint density at radius 2 is 1.95 bits per heavy atom. The number of rotatable bonds is 3. The predicted molar refractivity (Wildman–Crippen MR) is 84.1 cm³/mol. The molecule has 0 aliphatic carbocycles. The van der Waals surface area contributed by atoms with Crippen LogP contribution in [0.25, 0.3) is 0 Å². The minimum Gasteiger partial charge on any atom is -0.379 e. The number of nitrogens with zero attached hydrogens (tertiary/aromatic N) is 1. The Morgan fingerprint density at radius 1 is 1.21 bits per heavy atom. The molecule has 2 nitrogen and oxygen atoms in total. The quantitative estimate of drug-likeness (QED) is 0.879. The van der Waals surface area contributed by atoms with Gasteiger partial charge in [0.25, 0.3) is 0 Å². The molecule has 0 radical (unpaired) electrons. The minimum atomic E-state index is 0.141. The molecular weight excluding hydrogens is 252 g/mol. The standard InChI is InChI=1S/C16H22N2S/c1-11-7-6-8-14(12(11)2)17-9-13-10-19-15(18-13)16(3,4)5/h6-8,10,17H,9H2,1-5H3. The molecule has 0 saturated carbocycles. The second-order valence-corrected chi connectivity index (χ2v) is 6.85. The number of aryl methyl sites for hydroxylation is 1. The van der Waals surface area contributed by atoms with Crippen LogP contribution in [0.4, 0.5) is 5.69 Å². The monoisotopic (exact) mass is 274 g/mol. The molecule has 0 unspecified atom stereocenters. The van der Waals surface area contributed by atoms with Gasteiger partial charge in [0.05, 0.1) is 17.2 Å². The van der Waals surface area contributed by atoms with Crippen molar-refractivity contribution in [2.75, 3.05) is 5.32 Å². The Bertz CT molecular complexity index is 564. The number of hydrogen-bond acceptors (Lipinski definition) is 3. The molecule has 0 spiro atoms. The van der Waals surface area contributed by atoms with Crippen molar-refractivity contribution in [2.45, 2.75) is 46.6 Å². The Hall–Kier alpha value is -1.35. The van der Waals surface area contributed by atoms with E-state index in [1.165, 1.54) is 21.8 Å². The Balaban J connectivity index is 2.07. The average molecular weight is 274 g/mol. The SMILES string of the molecule is Cc1cccc(NCc2csc(C(C)(C)C)n2)c1C. The first kappa shape index (κ1) is 14.1.